The third kappa shape index (κ3) is 2.90. The highest BCUT2D eigenvalue weighted by Gasteiger charge is 2.28. The second-order valence-electron chi connectivity index (χ2n) is 6.26. The van der Waals surface area contributed by atoms with Crippen LogP contribution in [0.3, 0.4) is 0 Å². The van der Waals surface area contributed by atoms with E-state index in [2.05, 4.69) is 39.8 Å². The predicted octanol–water partition coefficient (Wildman–Crippen LogP) is 4.34. The van der Waals surface area contributed by atoms with Gasteiger partial charge in [-0.2, -0.15) is 0 Å². The van der Waals surface area contributed by atoms with E-state index in [0.717, 1.165) is 29.7 Å². The SMILES string of the molecule is COc1c(C(O)C2CC(C)=CC(C)C2)ccc(C)c1C. The maximum Gasteiger partial charge on any atom is 0.127 e. The van der Waals surface area contributed by atoms with Crippen molar-refractivity contribution in [3.05, 3.63) is 40.5 Å². The summed E-state index contributed by atoms with van der Waals surface area (Å²) in [5, 5.41) is 10.8. The van der Waals surface area contributed by atoms with E-state index in [1.54, 1.807) is 7.11 Å². The van der Waals surface area contributed by atoms with Crippen LogP contribution in [0, 0.1) is 25.7 Å². The number of hydrogen-bond donors (Lipinski definition) is 1. The van der Waals surface area contributed by atoms with Gasteiger partial charge in [-0.3, -0.25) is 0 Å². The molecule has 1 aromatic carbocycles. The van der Waals surface area contributed by atoms with Gasteiger partial charge in [0.15, 0.2) is 0 Å². The van der Waals surface area contributed by atoms with Crippen LogP contribution in [-0.2, 0) is 0 Å². The lowest BCUT2D eigenvalue weighted by Crippen LogP contribution is -2.20. The number of ether oxygens (including phenoxy) is 1. The number of rotatable bonds is 3. The molecule has 3 atom stereocenters. The van der Waals surface area contributed by atoms with Gasteiger partial charge in [-0.1, -0.05) is 30.7 Å². The number of benzene rings is 1. The van der Waals surface area contributed by atoms with E-state index in [1.807, 2.05) is 6.07 Å². The zero-order valence-corrected chi connectivity index (χ0v) is 13.2. The lowest BCUT2D eigenvalue weighted by molar-refractivity contribution is 0.0906. The summed E-state index contributed by atoms with van der Waals surface area (Å²) < 4.78 is 5.55. The summed E-state index contributed by atoms with van der Waals surface area (Å²) in [5.74, 6) is 1.67. The van der Waals surface area contributed by atoms with Crippen molar-refractivity contribution in [2.45, 2.75) is 46.6 Å². The van der Waals surface area contributed by atoms with Gasteiger partial charge in [-0.15, -0.1) is 0 Å². The number of aliphatic hydroxyl groups excluding tert-OH is 1. The van der Waals surface area contributed by atoms with Crippen molar-refractivity contribution < 1.29 is 9.84 Å². The number of aliphatic hydroxyl groups is 1. The maximum absolute atomic E-state index is 10.8. The van der Waals surface area contributed by atoms with E-state index in [1.165, 1.54) is 11.1 Å². The molecule has 0 radical (unpaired) electrons. The van der Waals surface area contributed by atoms with Crippen LogP contribution in [0.1, 0.15) is 49.5 Å². The van der Waals surface area contributed by atoms with Crippen molar-refractivity contribution in [2.75, 3.05) is 7.11 Å². The second kappa shape index (κ2) is 6.01. The third-order valence-electron chi connectivity index (χ3n) is 4.50. The molecule has 2 heteroatoms. The molecule has 0 saturated heterocycles. The minimum absolute atomic E-state index is 0.283. The summed E-state index contributed by atoms with van der Waals surface area (Å²) >= 11 is 0. The van der Waals surface area contributed by atoms with E-state index in [9.17, 15) is 5.11 Å². The molecule has 0 bridgehead atoms. The number of allylic oxidation sites excluding steroid dienone is 2. The van der Waals surface area contributed by atoms with Crippen LogP contribution in [0.4, 0.5) is 0 Å². The Hall–Kier alpha value is -1.28. The Labute approximate surface area is 122 Å². The first-order chi connectivity index (χ1) is 9.43. The molecule has 0 spiro atoms. The molecule has 1 aromatic rings. The molecule has 2 rings (SSSR count). The first-order valence-corrected chi connectivity index (χ1v) is 7.43. The zero-order chi connectivity index (χ0) is 14.9. The largest absolute Gasteiger partial charge is 0.496 e. The monoisotopic (exact) mass is 274 g/mol. The Bertz CT molecular complexity index is 516. The number of hydrogen-bond acceptors (Lipinski definition) is 2. The van der Waals surface area contributed by atoms with Crippen molar-refractivity contribution in [3.63, 3.8) is 0 Å². The first-order valence-electron chi connectivity index (χ1n) is 7.43. The van der Waals surface area contributed by atoms with E-state index >= 15 is 0 Å². The van der Waals surface area contributed by atoms with E-state index in [4.69, 9.17) is 4.74 Å². The van der Waals surface area contributed by atoms with Gasteiger partial charge in [0, 0.05) is 5.56 Å². The normalized spacial score (nSPS) is 24.2. The topological polar surface area (TPSA) is 29.5 Å². The molecule has 2 nitrogen and oxygen atoms in total. The van der Waals surface area contributed by atoms with Crippen molar-refractivity contribution >= 4 is 0 Å². The molecule has 1 aliphatic carbocycles. The van der Waals surface area contributed by atoms with Gasteiger partial charge in [-0.25, -0.2) is 0 Å². The summed E-state index contributed by atoms with van der Waals surface area (Å²) in [6.45, 7) is 8.51. The smallest absolute Gasteiger partial charge is 0.127 e. The molecule has 3 unspecified atom stereocenters. The lowest BCUT2D eigenvalue weighted by Gasteiger charge is -2.30. The molecule has 0 amide bonds. The van der Waals surface area contributed by atoms with Crippen LogP contribution < -0.4 is 4.74 Å². The molecule has 20 heavy (non-hydrogen) atoms. The summed E-state index contributed by atoms with van der Waals surface area (Å²) in [7, 11) is 1.69. The molecule has 0 fully saturated rings. The highest BCUT2D eigenvalue weighted by molar-refractivity contribution is 5.46. The van der Waals surface area contributed by atoms with Crippen LogP contribution >= 0.6 is 0 Å². The fraction of sp³-hybridized carbons (Fsp3) is 0.556. The Morgan fingerprint density at radius 1 is 1.25 bits per heavy atom. The Balaban J connectivity index is 2.32. The number of aryl methyl sites for hydroxylation is 1. The quantitative estimate of drug-likeness (QED) is 0.831. The van der Waals surface area contributed by atoms with Gasteiger partial charge in [-0.05, 0) is 56.6 Å². The lowest BCUT2D eigenvalue weighted by atomic mass is 9.78. The molecule has 1 aliphatic rings. The minimum atomic E-state index is -0.449. The van der Waals surface area contributed by atoms with Crippen molar-refractivity contribution in [1.29, 1.82) is 0 Å². The Morgan fingerprint density at radius 2 is 1.95 bits per heavy atom. The Kier molecular flexibility index (Phi) is 4.54. The summed E-state index contributed by atoms with van der Waals surface area (Å²) in [6.07, 6.45) is 3.88. The van der Waals surface area contributed by atoms with Gasteiger partial charge in [0.25, 0.3) is 0 Å². The standard InChI is InChI=1S/C18H26O2/c1-11-8-12(2)10-15(9-11)17(19)16-7-6-13(3)14(4)18(16)20-5/h6-8,11,15,17,19H,9-10H2,1-5H3. The van der Waals surface area contributed by atoms with E-state index < -0.39 is 6.10 Å². The molecule has 0 aliphatic heterocycles. The molecule has 0 heterocycles. The zero-order valence-electron chi connectivity index (χ0n) is 13.2. The highest BCUT2D eigenvalue weighted by atomic mass is 16.5. The van der Waals surface area contributed by atoms with Crippen LogP contribution in [-0.4, -0.2) is 12.2 Å². The molecule has 1 N–H and O–H groups in total. The molecule has 110 valence electrons. The van der Waals surface area contributed by atoms with Crippen LogP contribution in [0.5, 0.6) is 5.75 Å². The Morgan fingerprint density at radius 3 is 2.55 bits per heavy atom. The minimum Gasteiger partial charge on any atom is -0.496 e. The van der Waals surface area contributed by atoms with Gasteiger partial charge in [0.2, 0.25) is 0 Å². The van der Waals surface area contributed by atoms with Gasteiger partial charge in [0.1, 0.15) is 5.75 Å². The van der Waals surface area contributed by atoms with Crippen LogP contribution in [0.15, 0.2) is 23.8 Å². The second-order valence-corrected chi connectivity index (χ2v) is 6.26. The molecular weight excluding hydrogens is 248 g/mol. The van der Waals surface area contributed by atoms with E-state index in [0.29, 0.717) is 5.92 Å². The fourth-order valence-corrected chi connectivity index (χ4v) is 3.41. The maximum atomic E-state index is 10.8. The number of methoxy groups -OCH3 is 1. The molecule has 0 aromatic heterocycles. The highest BCUT2D eigenvalue weighted by Crippen LogP contribution is 2.40. The van der Waals surface area contributed by atoms with Gasteiger partial charge in [0.05, 0.1) is 13.2 Å². The fourth-order valence-electron chi connectivity index (χ4n) is 3.41. The summed E-state index contributed by atoms with van der Waals surface area (Å²) in [5.41, 5.74) is 4.64. The average Bonchev–Trinajstić information content (AvgIpc) is 2.39. The van der Waals surface area contributed by atoms with Crippen molar-refractivity contribution in [3.8, 4) is 5.75 Å². The van der Waals surface area contributed by atoms with Gasteiger partial charge < -0.3 is 9.84 Å². The van der Waals surface area contributed by atoms with Gasteiger partial charge >= 0.3 is 0 Å². The van der Waals surface area contributed by atoms with E-state index in [-0.39, 0.29) is 5.92 Å². The molecular formula is C18H26O2. The first kappa shape index (κ1) is 15.1. The van der Waals surface area contributed by atoms with Crippen molar-refractivity contribution in [1.82, 2.24) is 0 Å². The van der Waals surface area contributed by atoms with Crippen LogP contribution in [0.2, 0.25) is 0 Å². The average molecular weight is 274 g/mol. The summed E-state index contributed by atoms with van der Waals surface area (Å²) in [6, 6.07) is 4.09. The van der Waals surface area contributed by atoms with Crippen LogP contribution in [0.25, 0.3) is 0 Å². The summed E-state index contributed by atoms with van der Waals surface area (Å²) in [4.78, 5) is 0. The third-order valence-corrected chi connectivity index (χ3v) is 4.50. The predicted molar refractivity (Wildman–Crippen MR) is 83.1 cm³/mol. The van der Waals surface area contributed by atoms with Crippen molar-refractivity contribution in [2.24, 2.45) is 11.8 Å². The molecule has 0 saturated carbocycles.